The van der Waals surface area contributed by atoms with Crippen molar-refractivity contribution in [2.24, 2.45) is 0 Å². The third-order valence-electron chi connectivity index (χ3n) is 4.55. The first-order valence-electron chi connectivity index (χ1n) is 9.28. The maximum Gasteiger partial charge on any atom is 0.290 e. The molecule has 0 aliphatic rings. The number of hydrogen-bond acceptors (Lipinski definition) is 5. The molecule has 0 atom stereocenters. The standard InChI is InChI=1S/C21H17ClN4O3S/c1-2-11-26-21(29)13-8-4-3-7-12(13)17(25-26)19(27)23-24-20(28)18-16(22)14-9-5-6-10-15(14)30-18/h3-10H,2,11H2,1H3,(H,23,27)(H,24,28). The number of rotatable bonds is 4. The number of fused-ring (bicyclic) bond motifs is 2. The summed E-state index contributed by atoms with van der Waals surface area (Å²) in [7, 11) is 0. The fourth-order valence-corrected chi connectivity index (χ4v) is 4.57. The quantitative estimate of drug-likeness (QED) is 0.472. The summed E-state index contributed by atoms with van der Waals surface area (Å²) < 4.78 is 2.14. The van der Waals surface area contributed by atoms with Crippen molar-refractivity contribution in [2.45, 2.75) is 19.9 Å². The van der Waals surface area contributed by atoms with E-state index in [1.807, 2.05) is 31.2 Å². The Morgan fingerprint density at radius 1 is 1.00 bits per heavy atom. The number of carbonyl (C=O) groups is 2. The van der Waals surface area contributed by atoms with E-state index in [-0.39, 0.29) is 11.3 Å². The Hall–Kier alpha value is -3.23. The van der Waals surface area contributed by atoms with Gasteiger partial charge in [-0.25, -0.2) is 4.68 Å². The van der Waals surface area contributed by atoms with Gasteiger partial charge in [0.2, 0.25) is 0 Å². The Balaban J connectivity index is 1.61. The largest absolute Gasteiger partial charge is 0.290 e. The van der Waals surface area contributed by atoms with Crippen molar-refractivity contribution in [2.75, 3.05) is 0 Å². The van der Waals surface area contributed by atoms with Crippen molar-refractivity contribution in [3.63, 3.8) is 0 Å². The second kappa shape index (κ2) is 8.25. The maximum absolute atomic E-state index is 12.8. The number of halogens is 1. The van der Waals surface area contributed by atoms with Crippen LogP contribution < -0.4 is 16.4 Å². The minimum atomic E-state index is -0.623. The number of nitrogens with one attached hydrogen (secondary N) is 2. The van der Waals surface area contributed by atoms with Crippen LogP contribution in [0.5, 0.6) is 0 Å². The number of aryl methyl sites for hydroxylation is 1. The van der Waals surface area contributed by atoms with Crippen LogP contribution in [0.2, 0.25) is 5.02 Å². The Bertz CT molecular complexity index is 1350. The molecule has 0 bridgehead atoms. The monoisotopic (exact) mass is 440 g/mol. The van der Waals surface area contributed by atoms with E-state index in [9.17, 15) is 14.4 Å². The summed E-state index contributed by atoms with van der Waals surface area (Å²) in [5, 5.41) is 6.14. The molecule has 152 valence electrons. The second-order valence-electron chi connectivity index (χ2n) is 6.57. The van der Waals surface area contributed by atoms with Gasteiger partial charge in [0.05, 0.1) is 10.4 Å². The third-order valence-corrected chi connectivity index (χ3v) is 6.22. The zero-order valence-corrected chi connectivity index (χ0v) is 17.5. The van der Waals surface area contributed by atoms with Crippen molar-refractivity contribution in [3.8, 4) is 0 Å². The van der Waals surface area contributed by atoms with E-state index >= 15 is 0 Å². The lowest BCUT2D eigenvalue weighted by molar-refractivity contribution is 0.0846. The van der Waals surface area contributed by atoms with Crippen LogP contribution in [-0.2, 0) is 6.54 Å². The van der Waals surface area contributed by atoms with Crippen molar-refractivity contribution in [1.29, 1.82) is 0 Å². The van der Waals surface area contributed by atoms with Crippen molar-refractivity contribution >= 4 is 55.6 Å². The lowest BCUT2D eigenvalue weighted by atomic mass is 10.1. The molecule has 30 heavy (non-hydrogen) atoms. The Labute approximate surface area is 180 Å². The van der Waals surface area contributed by atoms with E-state index in [1.54, 1.807) is 24.3 Å². The minimum Gasteiger partial charge on any atom is -0.267 e. The average molecular weight is 441 g/mol. The molecule has 0 saturated carbocycles. The van der Waals surface area contributed by atoms with E-state index in [0.29, 0.717) is 33.6 Å². The Morgan fingerprint density at radius 2 is 1.63 bits per heavy atom. The molecule has 9 heteroatoms. The van der Waals surface area contributed by atoms with Crippen LogP contribution >= 0.6 is 22.9 Å². The summed E-state index contributed by atoms with van der Waals surface area (Å²) in [6.45, 7) is 2.30. The number of hydrogen-bond donors (Lipinski definition) is 2. The number of thiophene rings is 1. The highest BCUT2D eigenvalue weighted by Gasteiger charge is 2.20. The van der Waals surface area contributed by atoms with Gasteiger partial charge in [-0.05, 0) is 18.6 Å². The van der Waals surface area contributed by atoms with Gasteiger partial charge in [-0.2, -0.15) is 5.10 Å². The predicted molar refractivity (Wildman–Crippen MR) is 118 cm³/mol. The molecule has 2 aromatic heterocycles. The number of amides is 2. The van der Waals surface area contributed by atoms with Crippen LogP contribution in [0.4, 0.5) is 0 Å². The minimum absolute atomic E-state index is 0.0568. The van der Waals surface area contributed by atoms with Crippen molar-refractivity contribution in [1.82, 2.24) is 20.6 Å². The normalized spacial score (nSPS) is 11.0. The van der Waals surface area contributed by atoms with E-state index < -0.39 is 11.8 Å². The fourth-order valence-electron chi connectivity index (χ4n) is 3.16. The molecule has 0 saturated heterocycles. The molecular formula is C21H17ClN4O3S. The molecule has 0 spiro atoms. The highest BCUT2D eigenvalue weighted by atomic mass is 35.5. The summed E-state index contributed by atoms with van der Waals surface area (Å²) in [6, 6.07) is 14.2. The van der Waals surface area contributed by atoms with Gasteiger partial charge in [-0.15, -0.1) is 11.3 Å². The Morgan fingerprint density at radius 3 is 2.33 bits per heavy atom. The van der Waals surface area contributed by atoms with Gasteiger partial charge in [0, 0.05) is 22.0 Å². The molecule has 0 aliphatic carbocycles. The van der Waals surface area contributed by atoms with E-state index in [4.69, 9.17) is 11.6 Å². The van der Waals surface area contributed by atoms with Gasteiger partial charge < -0.3 is 0 Å². The van der Waals surface area contributed by atoms with Gasteiger partial charge in [-0.1, -0.05) is 54.9 Å². The van der Waals surface area contributed by atoms with Crippen molar-refractivity contribution in [3.05, 3.63) is 74.5 Å². The first-order chi connectivity index (χ1) is 14.5. The van der Waals surface area contributed by atoms with Gasteiger partial charge >= 0.3 is 0 Å². The second-order valence-corrected chi connectivity index (χ2v) is 8.00. The zero-order valence-electron chi connectivity index (χ0n) is 15.9. The lowest BCUT2D eigenvalue weighted by Gasteiger charge is -2.11. The predicted octanol–water partition coefficient (Wildman–Crippen LogP) is 3.75. The average Bonchev–Trinajstić information content (AvgIpc) is 3.11. The number of nitrogens with zero attached hydrogens (tertiary/aromatic N) is 2. The molecule has 0 unspecified atom stereocenters. The first kappa shape index (κ1) is 20.1. The molecule has 2 N–H and O–H groups in total. The number of hydrazine groups is 1. The molecule has 2 amide bonds. The molecule has 0 fully saturated rings. The van der Waals surface area contributed by atoms with Gasteiger partial charge in [0.15, 0.2) is 5.69 Å². The molecule has 2 heterocycles. The van der Waals surface area contributed by atoms with E-state index in [1.165, 1.54) is 16.0 Å². The highest BCUT2D eigenvalue weighted by Crippen LogP contribution is 2.34. The SMILES string of the molecule is CCCn1nc(C(=O)NNC(=O)c2sc3ccccc3c2Cl)c2ccccc2c1=O. The number of benzene rings is 2. The molecule has 7 nitrogen and oxygen atoms in total. The summed E-state index contributed by atoms with van der Waals surface area (Å²) in [4.78, 5) is 38.2. The van der Waals surface area contributed by atoms with Crippen LogP contribution in [0.15, 0.2) is 53.3 Å². The molecule has 4 rings (SSSR count). The first-order valence-corrected chi connectivity index (χ1v) is 10.5. The topological polar surface area (TPSA) is 93.1 Å². The molecule has 2 aromatic carbocycles. The van der Waals surface area contributed by atoms with Crippen LogP contribution in [0.1, 0.15) is 33.5 Å². The number of carbonyl (C=O) groups excluding carboxylic acids is 2. The number of aromatic nitrogens is 2. The van der Waals surface area contributed by atoms with E-state index in [2.05, 4.69) is 16.0 Å². The smallest absolute Gasteiger partial charge is 0.267 e. The third kappa shape index (κ3) is 3.55. The van der Waals surface area contributed by atoms with Crippen LogP contribution in [0, 0.1) is 0 Å². The van der Waals surface area contributed by atoms with Crippen molar-refractivity contribution < 1.29 is 9.59 Å². The summed E-state index contributed by atoms with van der Waals surface area (Å²) in [5.41, 5.74) is 4.57. The van der Waals surface area contributed by atoms with Crippen LogP contribution in [-0.4, -0.2) is 21.6 Å². The van der Waals surface area contributed by atoms with Crippen LogP contribution in [0.25, 0.3) is 20.9 Å². The summed E-state index contributed by atoms with van der Waals surface area (Å²) in [6.07, 6.45) is 0.688. The van der Waals surface area contributed by atoms with Gasteiger partial charge in [0.1, 0.15) is 4.88 Å². The highest BCUT2D eigenvalue weighted by molar-refractivity contribution is 7.21. The Kier molecular flexibility index (Phi) is 5.52. The van der Waals surface area contributed by atoms with E-state index in [0.717, 1.165) is 10.1 Å². The van der Waals surface area contributed by atoms with Crippen LogP contribution in [0.3, 0.4) is 0 Å². The molecule has 0 radical (unpaired) electrons. The lowest BCUT2D eigenvalue weighted by Crippen LogP contribution is -2.42. The maximum atomic E-state index is 12.8. The summed E-state index contributed by atoms with van der Waals surface area (Å²) >= 11 is 7.56. The fraction of sp³-hybridized carbons (Fsp3) is 0.143. The molecule has 0 aliphatic heterocycles. The van der Waals surface area contributed by atoms with Gasteiger partial charge in [0.25, 0.3) is 17.4 Å². The molecule has 4 aromatic rings. The van der Waals surface area contributed by atoms with Gasteiger partial charge in [-0.3, -0.25) is 25.2 Å². The molecular weight excluding hydrogens is 424 g/mol. The zero-order chi connectivity index (χ0) is 21.3. The summed E-state index contributed by atoms with van der Waals surface area (Å²) in [5.74, 6) is -1.15.